The molecule has 2 N–H and O–H groups in total. The van der Waals surface area contributed by atoms with Gasteiger partial charge in [-0.15, -0.1) is 5.10 Å². The van der Waals surface area contributed by atoms with E-state index in [1.54, 1.807) is 4.68 Å². The Morgan fingerprint density at radius 1 is 1.08 bits per heavy atom. The molecule has 9 heteroatoms. The molecule has 3 aromatic rings. The number of aromatic nitrogens is 5. The molecule has 0 bridgehead atoms. The number of carbonyl (C=O) groups excluding carboxylic acids is 1. The Bertz CT molecular complexity index is 855. The first-order valence-electron chi connectivity index (χ1n) is 7.10. The van der Waals surface area contributed by atoms with Crippen LogP contribution in [0.15, 0.2) is 48.9 Å². The smallest absolute Gasteiger partial charge is 0.356 e. The monoisotopic (exact) mass is 326 g/mol. The molecule has 0 aliphatic rings. The first-order valence-corrected chi connectivity index (χ1v) is 7.10. The minimum atomic E-state index is -1.14. The number of carboxylic acid groups (broad SMARTS) is 1. The predicted octanol–water partition coefficient (Wildman–Crippen LogP) is 0.860. The highest BCUT2D eigenvalue weighted by molar-refractivity contribution is 5.89. The van der Waals surface area contributed by atoms with E-state index in [-0.39, 0.29) is 18.2 Å². The van der Waals surface area contributed by atoms with Crippen LogP contribution in [0, 0.1) is 0 Å². The molecule has 9 nitrogen and oxygen atoms in total. The summed E-state index contributed by atoms with van der Waals surface area (Å²) >= 11 is 0. The molecule has 0 saturated carbocycles. The van der Waals surface area contributed by atoms with Crippen molar-refractivity contribution in [1.29, 1.82) is 0 Å². The molecule has 1 amide bonds. The van der Waals surface area contributed by atoms with Gasteiger partial charge in [-0.2, -0.15) is 5.10 Å². The zero-order valence-electron chi connectivity index (χ0n) is 12.5. The van der Waals surface area contributed by atoms with Crippen LogP contribution >= 0.6 is 0 Å². The maximum Gasteiger partial charge on any atom is 0.356 e. The molecular weight excluding hydrogens is 312 g/mol. The topological polar surface area (TPSA) is 115 Å². The Balaban J connectivity index is 1.57. The first-order chi connectivity index (χ1) is 11.6. The van der Waals surface area contributed by atoms with Crippen molar-refractivity contribution in [3.63, 3.8) is 0 Å². The number of nitrogens with zero attached hydrogens (tertiary/aromatic N) is 5. The van der Waals surface area contributed by atoms with Gasteiger partial charge in [-0.05, 0) is 11.6 Å². The van der Waals surface area contributed by atoms with Crippen LogP contribution in [-0.4, -0.2) is 41.5 Å². The molecule has 0 unspecified atom stereocenters. The molecule has 0 aliphatic heterocycles. The van der Waals surface area contributed by atoms with E-state index in [4.69, 9.17) is 5.11 Å². The third-order valence-electron chi connectivity index (χ3n) is 3.14. The van der Waals surface area contributed by atoms with Crippen LogP contribution in [0.5, 0.6) is 0 Å². The molecule has 3 rings (SSSR count). The van der Waals surface area contributed by atoms with Crippen molar-refractivity contribution in [3.05, 3.63) is 60.2 Å². The second-order valence-corrected chi connectivity index (χ2v) is 5.00. The van der Waals surface area contributed by atoms with Gasteiger partial charge in [-0.1, -0.05) is 30.3 Å². The van der Waals surface area contributed by atoms with Crippen molar-refractivity contribution in [1.82, 2.24) is 24.5 Å². The third-order valence-corrected chi connectivity index (χ3v) is 3.14. The lowest BCUT2D eigenvalue weighted by atomic mass is 10.2. The maximum atomic E-state index is 11.9. The van der Waals surface area contributed by atoms with Crippen molar-refractivity contribution in [2.75, 3.05) is 5.32 Å². The number of aromatic carboxylic acids is 1. The summed E-state index contributed by atoms with van der Waals surface area (Å²) in [6.07, 6.45) is 2.95. The fourth-order valence-electron chi connectivity index (χ4n) is 2.07. The summed E-state index contributed by atoms with van der Waals surface area (Å²) in [6, 6.07) is 11.1. The number of rotatable bonds is 6. The highest BCUT2D eigenvalue weighted by Crippen LogP contribution is 2.04. The van der Waals surface area contributed by atoms with E-state index in [1.165, 1.54) is 23.3 Å². The summed E-state index contributed by atoms with van der Waals surface area (Å²) in [7, 11) is 0. The molecule has 0 radical (unpaired) electrons. The van der Waals surface area contributed by atoms with Crippen LogP contribution in [0.25, 0.3) is 0 Å². The zero-order chi connectivity index (χ0) is 16.9. The quantitative estimate of drug-likeness (QED) is 0.694. The minimum Gasteiger partial charge on any atom is -0.476 e. The molecule has 1 aromatic carbocycles. The second-order valence-electron chi connectivity index (χ2n) is 5.00. The predicted molar refractivity (Wildman–Crippen MR) is 83.4 cm³/mol. The van der Waals surface area contributed by atoms with E-state index < -0.39 is 11.9 Å². The Hall–Kier alpha value is -3.49. The summed E-state index contributed by atoms with van der Waals surface area (Å²) < 4.78 is 2.85. The van der Waals surface area contributed by atoms with Crippen LogP contribution in [0.2, 0.25) is 0 Å². The molecule has 0 spiro atoms. The normalized spacial score (nSPS) is 10.5. The fourth-order valence-corrected chi connectivity index (χ4v) is 2.07. The summed E-state index contributed by atoms with van der Waals surface area (Å²) in [6.45, 7) is 0.422. The lowest BCUT2D eigenvalue weighted by Crippen LogP contribution is -2.20. The molecule has 122 valence electrons. The van der Waals surface area contributed by atoms with Gasteiger partial charge in [-0.3, -0.25) is 14.8 Å². The van der Waals surface area contributed by atoms with Crippen LogP contribution in [-0.2, 0) is 17.9 Å². The third kappa shape index (κ3) is 3.83. The van der Waals surface area contributed by atoms with E-state index >= 15 is 0 Å². The summed E-state index contributed by atoms with van der Waals surface area (Å²) in [5.41, 5.74) is 0.950. The number of benzene rings is 1. The van der Waals surface area contributed by atoms with Gasteiger partial charge in [0.2, 0.25) is 11.9 Å². The molecule has 0 aliphatic carbocycles. The lowest BCUT2D eigenvalue weighted by molar-refractivity contribution is -0.117. The van der Waals surface area contributed by atoms with Gasteiger partial charge < -0.3 is 5.11 Å². The average molecular weight is 326 g/mol. The van der Waals surface area contributed by atoms with Crippen molar-refractivity contribution in [2.24, 2.45) is 0 Å². The fraction of sp³-hybridized carbons (Fsp3) is 0.133. The summed E-state index contributed by atoms with van der Waals surface area (Å²) in [5, 5.41) is 19.3. The Morgan fingerprint density at radius 3 is 2.58 bits per heavy atom. The van der Waals surface area contributed by atoms with Crippen molar-refractivity contribution >= 4 is 17.8 Å². The van der Waals surface area contributed by atoms with Crippen molar-refractivity contribution < 1.29 is 14.7 Å². The largest absolute Gasteiger partial charge is 0.476 e. The van der Waals surface area contributed by atoms with E-state index in [2.05, 4.69) is 20.5 Å². The van der Waals surface area contributed by atoms with Gasteiger partial charge in [0.1, 0.15) is 12.9 Å². The van der Waals surface area contributed by atoms with Crippen LogP contribution in [0.4, 0.5) is 5.95 Å². The molecule has 2 heterocycles. The number of hydrogen-bond donors (Lipinski definition) is 2. The zero-order valence-corrected chi connectivity index (χ0v) is 12.5. The number of carboxylic acids is 1. The van der Waals surface area contributed by atoms with E-state index in [1.807, 2.05) is 30.3 Å². The van der Waals surface area contributed by atoms with Gasteiger partial charge in [0, 0.05) is 6.20 Å². The Labute approximate surface area is 136 Å². The second kappa shape index (κ2) is 6.73. The number of carbonyl (C=O) groups is 2. The van der Waals surface area contributed by atoms with Crippen LogP contribution < -0.4 is 5.32 Å². The Morgan fingerprint density at radius 2 is 1.88 bits per heavy atom. The van der Waals surface area contributed by atoms with Gasteiger partial charge in [0.25, 0.3) is 0 Å². The highest BCUT2D eigenvalue weighted by Gasteiger charge is 2.11. The van der Waals surface area contributed by atoms with Crippen LogP contribution in [0.1, 0.15) is 16.1 Å². The van der Waals surface area contributed by atoms with Crippen LogP contribution in [0.3, 0.4) is 0 Å². The lowest BCUT2D eigenvalue weighted by Gasteiger charge is -2.02. The molecule has 0 saturated heterocycles. The standard InChI is InChI=1S/C15H14N6O3/c22-13(9-20-7-6-12(18-20)14(23)24)17-15-16-10-21(19-15)8-11-4-2-1-3-5-11/h1-7,10H,8-9H2,(H,23,24)(H,17,19,22). The van der Waals surface area contributed by atoms with Crippen molar-refractivity contribution in [2.45, 2.75) is 13.1 Å². The average Bonchev–Trinajstić information content (AvgIpc) is 3.18. The van der Waals surface area contributed by atoms with E-state index in [9.17, 15) is 9.59 Å². The number of amides is 1. The van der Waals surface area contributed by atoms with Gasteiger partial charge in [-0.25, -0.2) is 14.5 Å². The Kier molecular flexibility index (Phi) is 4.32. The van der Waals surface area contributed by atoms with E-state index in [0.717, 1.165) is 5.56 Å². The van der Waals surface area contributed by atoms with E-state index in [0.29, 0.717) is 6.54 Å². The minimum absolute atomic E-state index is 0.118. The number of hydrogen-bond acceptors (Lipinski definition) is 5. The number of nitrogens with one attached hydrogen (secondary N) is 1. The first kappa shape index (κ1) is 15.4. The molecule has 24 heavy (non-hydrogen) atoms. The molecule has 0 fully saturated rings. The SMILES string of the molecule is O=C(Cn1ccc(C(=O)O)n1)Nc1ncn(Cc2ccccc2)n1. The molecular formula is C15H14N6O3. The number of anilines is 1. The molecule has 2 aromatic heterocycles. The summed E-state index contributed by atoms with van der Waals surface area (Å²) in [5.74, 6) is -1.36. The highest BCUT2D eigenvalue weighted by atomic mass is 16.4. The maximum absolute atomic E-state index is 11.9. The summed E-state index contributed by atoms with van der Waals surface area (Å²) in [4.78, 5) is 26.7. The van der Waals surface area contributed by atoms with Gasteiger partial charge in [0.15, 0.2) is 5.69 Å². The van der Waals surface area contributed by atoms with Gasteiger partial charge >= 0.3 is 5.97 Å². The van der Waals surface area contributed by atoms with Gasteiger partial charge in [0.05, 0.1) is 6.54 Å². The molecule has 0 atom stereocenters. The van der Waals surface area contributed by atoms with Crippen molar-refractivity contribution in [3.8, 4) is 0 Å².